The summed E-state index contributed by atoms with van der Waals surface area (Å²) in [5.74, 6) is 1.37. The summed E-state index contributed by atoms with van der Waals surface area (Å²) < 4.78 is 0. The zero-order chi connectivity index (χ0) is 14.9. The van der Waals surface area contributed by atoms with Gasteiger partial charge in [0.15, 0.2) is 0 Å². The van der Waals surface area contributed by atoms with Crippen LogP contribution in [0.2, 0.25) is 0 Å². The molecule has 20 heavy (non-hydrogen) atoms. The van der Waals surface area contributed by atoms with Crippen LogP contribution in [0.5, 0.6) is 5.75 Å². The van der Waals surface area contributed by atoms with E-state index in [4.69, 9.17) is 0 Å². The van der Waals surface area contributed by atoms with Crippen molar-refractivity contribution in [1.29, 1.82) is 0 Å². The summed E-state index contributed by atoms with van der Waals surface area (Å²) in [7, 11) is 0. The minimum absolute atomic E-state index is 0.361. The highest BCUT2D eigenvalue weighted by atomic mass is 16.3. The minimum atomic E-state index is 0.361. The van der Waals surface area contributed by atoms with Crippen molar-refractivity contribution in [1.82, 2.24) is 0 Å². The van der Waals surface area contributed by atoms with Gasteiger partial charge < -0.3 is 5.11 Å². The third-order valence-corrected chi connectivity index (χ3v) is 3.87. The molecule has 1 heteroatoms. The lowest BCUT2D eigenvalue weighted by atomic mass is 9.88. The minimum Gasteiger partial charge on any atom is -0.508 e. The van der Waals surface area contributed by atoms with Crippen molar-refractivity contribution < 1.29 is 5.11 Å². The molecule has 1 nitrogen and oxygen atoms in total. The van der Waals surface area contributed by atoms with Gasteiger partial charge in [-0.2, -0.15) is 0 Å². The summed E-state index contributed by atoms with van der Waals surface area (Å²) in [6, 6.07) is 12.6. The lowest BCUT2D eigenvalue weighted by molar-refractivity contribution is 0.471. The van der Waals surface area contributed by atoms with Crippen LogP contribution in [0.25, 0.3) is 11.1 Å². The van der Waals surface area contributed by atoms with Gasteiger partial charge in [0.1, 0.15) is 5.75 Å². The number of rotatable bonds is 3. The Labute approximate surface area is 122 Å². The summed E-state index contributed by atoms with van der Waals surface area (Å²) in [5, 5.41) is 9.71. The van der Waals surface area contributed by atoms with Gasteiger partial charge in [-0.05, 0) is 58.7 Å². The fourth-order valence-electron chi connectivity index (χ4n) is 2.51. The molecule has 0 fully saturated rings. The topological polar surface area (TPSA) is 20.2 Å². The third-order valence-electron chi connectivity index (χ3n) is 3.87. The van der Waals surface area contributed by atoms with Crippen LogP contribution in [0.1, 0.15) is 56.2 Å². The molecule has 0 atom stereocenters. The molecule has 106 valence electrons. The quantitative estimate of drug-likeness (QED) is 0.766. The summed E-state index contributed by atoms with van der Waals surface area (Å²) in [6.45, 7) is 10.8. The van der Waals surface area contributed by atoms with Crippen LogP contribution in [0.4, 0.5) is 0 Å². The number of phenolic OH excluding ortho intramolecular Hbond substituents is 1. The maximum atomic E-state index is 9.71. The van der Waals surface area contributed by atoms with Gasteiger partial charge >= 0.3 is 0 Å². The van der Waals surface area contributed by atoms with E-state index in [1.807, 2.05) is 13.0 Å². The Hall–Kier alpha value is -1.76. The van der Waals surface area contributed by atoms with Gasteiger partial charge in [-0.25, -0.2) is 0 Å². The van der Waals surface area contributed by atoms with Crippen molar-refractivity contribution in [3.8, 4) is 16.9 Å². The first-order valence-corrected chi connectivity index (χ1v) is 7.34. The molecule has 2 aromatic carbocycles. The number of hydrogen-bond acceptors (Lipinski definition) is 1. The highest BCUT2D eigenvalue weighted by molar-refractivity contribution is 5.70. The number of aryl methyl sites for hydroxylation is 1. The first-order chi connectivity index (χ1) is 9.40. The van der Waals surface area contributed by atoms with Crippen molar-refractivity contribution in [3.05, 3.63) is 53.1 Å². The van der Waals surface area contributed by atoms with Crippen molar-refractivity contribution in [2.24, 2.45) is 0 Å². The molecule has 0 radical (unpaired) electrons. The van der Waals surface area contributed by atoms with E-state index in [0.29, 0.717) is 17.6 Å². The monoisotopic (exact) mass is 268 g/mol. The van der Waals surface area contributed by atoms with Gasteiger partial charge in [-0.1, -0.05) is 52.0 Å². The predicted octanol–water partition coefficient (Wildman–Crippen LogP) is 5.61. The van der Waals surface area contributed by atoms with Crippen molar-refractivity contribution >= 4 is 0 Å². The highest BCUT2D eigenvalue weighted by Gasteiger charge is 2.12. The van der Waals surface area contributed by atoms with Crippen LogP contribution in [0.15, 0.2) is 36.4 Å². The number of hydrogen-bond donors (Lipinski definition) is 1. The zero-order valence-electron chi connectivity index (χ0n) is 13.1. The van der Waals surface area contributed by atoms with Gasteiger partial charge in [-0.15, -0.1) is 0 Å². The van der Waals surface area contributed by atoms with Crippen LogP contribution in [0.3, 0.4) is 0 Å². The lowest BCUT2D eigenvalue weighted by Gasteiger charge is -2.17. The molecule has 0 aliphatic heterocycles. The molecule has 2 aromatic rings. The third kappa shape index (κ3) is 2.87. The molecule has 0 heterocycles. The van der Waals surface area contributed by atoms with Crippen LogP contribution in [-0.2, 0) is 0 Å². The predicted molar refractivity (Wildman–Crippen MR) is 86.5 cm³/mol. The molecule has 0 aliphatic carbocycles. The van der Waals surface area contributed by atoms with Gasteiger partial charge in [0.25, 0.3) is 0 Å². The largest absolute Gasteiger partial charge is 0.508 e. The Bertz CT molecular complexity index is 609. The zero-order valence-corrected chi connectivity index (χ0v) is 13.1. The fourth-order valence-corrected chi connectivity index (χ4v) is 2.51. The maximum Gasteiger partial charge on any atom is 0.118 e. The van der Waals surface area contributed by atoms with Crippen LogP contribution < -0.4 is 0 Å². The molecular weight excluding hydrogens is 244 g/mol. The van der Waals surface area contributed by atoms with E-state index in [-0.39, 0.29) is 0 Å². The normalized spacial score (nSPS) is 11.3. The average molecular weight is 268 g/mol. The number of aromatic hydroxyl groups is 1. The second kappa shape index (κ2) is 5.70. The summed E-state index contributed by atoms with van der Waals surface area (Å²) >= 11 is 0. The van der Waals surface area contributed by atoms with Crippen LogP contribution in [0, 0.1) is 6.92 Å². The Kier molecular flexibility index (Phi) is 4.17. The van der Waals surface area contributed by atoms with Crippen molar-refractivity contribution in [3.63, 3.8) is 0 Å². The molecule has 0 spiro atoms. The summed E-state index contributed by atoms with van der Waals surface area (Å²) in [4.78, 5) is 0. The van der Waals surface area contributed by atoms with Crippen molar-refractivity contribution in [2.45, 2.75) is 46.5 Å². The summed E-state index contributed by atoms with van der Waals surface area (Å²) in [5.41, 5.74) is 6.11. The van der Waals surface area contributed by atoms with Gasteiger partial charge in [0, 0.05) is 0 Å². The van der Waals surface area contributed by atoms with Gasteiger partial charge in [0.05, 0.1) is 0 Å². The Morgan fingerprint density at radius 2 is 1.55 bits per heavy atom. The first-order valence-electron chi connectivity index (χ1n) is 7.34. The molecule has 0 aromatic heterocycles. The second-order valence-corrected chi connectivity index (χ2v) is 6.16. The Morgan fingerprint density at radius 1 is 0.850 bits per heavy atom. The second-order valence-electron chi connectivity index (χ2n) is 6.16. The molecule has 1 N–H and O–H groups in total. The fraction of sp³-hybridized carbons (Fsp3) is 0.368. The Morgan fingerprint density at radius 3 is 2.10 bits per heavy atom. The van der Waals surface area contributed by atoms with E-state index in [2.05, 4.69) is 52.0 Å². The summed E-state index contributed by atoms with van der Waals surface area (Å²) in [6.07, 6.45) is 0. The first kappa shape index (κ1) is 14.6. The molecule has 0 bridgehead atoms. The number of phenols is 1. The molecule has 0 unspecified atom stereocenters. The van der Waals surface area contributed by atoms with E-state index in [1.54, 1.807) is 6.07 Å². The van der Waals surface area contributed by atoms with E-state index in [0.717, 1.165) is 5.56 Å². The lowest BCUT2D eigenvalue weighted by Crippen LogP contribution is -1.96. The molecule has 0 saturated carbocycles. The van der Waals surface area contributed by atoms with Crippen molar-refractivity contribution in [2.75, 3.05) is 0 Å². The maximum absolute atomic E-state index is 9.71. The molecule has 0 amide bonds. The molecule has 2 rings (SSSR count). The molecule has 0 aliphatic rings. The highest BCUT2D eigenvalue weighted by Crippen LogP contribution is 2.34. The van der Waals surface area contributed by atoms with Gasteiger partial charge in [0.2, 0.25) is 0 Å². The van der Waals surface area contributed by atoms with Crippen LogP contribution in [-0.4, -0.2) is 5.11 Å². The van der Waals surface area contributed by atoms with Gasteiger partial charge in [-0.3, -0.25) is 0 Å². The molecule has 0 saturated heterocycles. The smallest absolute Gasteiger partial charge is 0.118 e. The molecular formula is C19H24O. The Balaban J connectivity index is 2.62. The SMILES string of the molecule is Cc1cc(-c2cc(C(C)C)ccc2C(C)C)ccc1O. The standard InChI is InChI=1S/C19H24O/c1-12(2)15-6-8-17(13(3)4)18(11-15)16-7-9-19(20)14(5)10-16/h6-13,20H,1-5H3. The van der Waals surface area contributed by atoms with E-state index in [1.165, 1.54) is 22.3 Å². The van der Waals surface area contributed by atoms with E-state index >= 15 is 0 Å². The van der Waals surface area contributed by atoms with Crippen LogP contribution >= 0.6 is 0 Å². The average Bonchev–Trinajstić information content (AvgIpc) is 2.41. The number of benzene rings is 2. The van der Waals surface area contributed by atoms with E-state index in [9.17, 15) is 5.11 Å². The van der Waals surface area contributed by atoms with E-state index < -0.39 is 0 Å².